The third-order valence-electron chi connectivity index (χ3n) is 3.89. The average Bonchev–Trinajstić information content (AvgIpc) is 2.90. The lowest BCUT2D eigenvalue weighted by molar-refractivity contribution is 0.489. The van der Waals surface area contributed by atoms with E-state index in [1.54, 1.807) is 0 Å². The molecule has 116 valence electrons. The Hall–Kier alpha value is 0.497. The summed E-state index contributed by atoms with van der Waals surface area (Å²) < 4.78 is 1.27. The summed E-state index contributed by atoms with van der Waals surface area (Å²) in [6, 6.07) is 5.43. The van der Waals surface area contributed by atoms with Crippen molar-refractivity contribution in [1.29, 1.82) is 0 Å². The van der Waals surface area contributed by atoms with Crippen LogP contribution in [-0.4, -0.2) is 6.69 Å². The fourth-order valence-corrected chi connectivity index (χ4v) is 8.64. The van der Waals surface area contributed by atoms with Crippen LogP contribution in [0.1, 0.15) is 64.2 Å². The van der Waals surface area contributed by atoms with Crippen molar-refractivity contribution in [2.45, 2.75) is 71.8 Å². The average molecular weight is 351 g/mol. The highest BCUT2D eigenvalue weighted by atomic mass is 35.7. The highest BCUT2D eigenvalue weighted by Gasteiger charge is 2.35. The van der Waals surface area contributed by atoms with Gasteiger partial charge in [0, 0.05) is 9.38 Å². The fraction of sp³-hybridized carbons (Fsp3) is 0.750. The lowest BCUT2D eigenvalue weighted by Gasteiger charge is -2.22. The molecule has 1 heterocycles. The van der Waals surface area contributed by atoms with Crippen LogP contribution in [0.3, 0.4) is 0 Å². The molecule has 1 atom stereocenters. The van der Waals surface area contributed by atoms with E-state index in [1.807, 2.05) is 11.3 Å². The molecule has 0 saturated heterocycles. The molecule has 0 aromatic carbocycles. The highest BCUT2D eigenvalue weighted by molar-refractivity contribution is 7.56. The Kier molecular flexibility index (Phi) is 8.81. The minimum Gasteiger partial charge on any atom is -0.147 e. The Morgan fingerprint density at radius 1 is 1.10 bits per heavy atom. The molecule has 1 aromatic heterocycles. The Balaban J connectivity index is 2.63. The Bertz CT molecular complexity index is 376. The predicted octanol–water partition coefficient (Wildman–Crippen LogP) is 6.43. The predicted molar refractivity (Wildman–Crippen MR) is 98.1 cm³/mol. The summed E-state index contributed by atoms with van der Waals surface area (Å²) in [6.45, 7) is 4.48. The van der Waals surface area contributed by atoms with E-state index < -0.39 is 6.69 Å². The number of hydrogen-bond donors (Lipinski definition) is 0. The van der Waals surface area contributed by atoms with Crippen LogP contribution in [0, 0.1) is 5.92 Å². The normalized spacial score (nSPS) is 13.7. The van der Waals surface area contributed by atoms with Crippen molar-refractivity contribution in [1.82, 2.24) is 0 Å². The number of halogens is 2. The van der Waals surface area contributed by atoms with Gasteiger partial charge in [-0.1, -0.05) is 52.9 Å². The molecule has 1 unspecified atom stereocenters. The molecule has 0 radical (unpaired) electrons. The Morgan fingerprint density at radius 3 is 2.40 bits per heavy atom. The fourth-order valence-electron chi connectivity index (χ4n) is 2.47. The second kappa shape index (κ2) is 9.50. The molecule has 1 aromatic rings. The number of unbranched alkanes of at least 4 members (excludes halogenated alkanes) is 2. The van der Waals surface area contributed by atoms with Gasteiger partial charge in [0.25, 0.3) is 6.69 Å². The van der Waals surface area contributed by atoms with E-state index >= 15 is 0 Å². The first-order valence-corrected chi connectivity index (χ1v) is 13.0. The van der Waals surface area contributed by atoms with Crippen molar-refractivity contribution < 1.29 is 0 Å². The first-order valence-electron chi connectivity index (χ1n) is 8.00. The lowest BCUT2D eigenvalue weighted by Crippen LogP contribution is -2.36. The third kappa shape index (κ3) is 6.09. The zero-order valence-corrected chi connectivity index (χ0v) is 16.4. The van der Waals surface area contributed by atoms with Crippen LogP contribution < -0.4 is 4.50 Å². The molecular formula is C16H28Cl2SSi. The van der Waals surface area contributed by atoms with E-state index in [-0.39, 0.29) is 0 Å². The van der Waals surface area contributed by atoms with E-state index in [0.29, 0.717) is 5.92 Å². The number of hydrogen-bond acceptors (Lipinski definition) is 1. The van der Waals surface area contributed by atoms with E-state index in [0.717, 1.165) is 6.04 Å². The topological polar surface area (TPSA) is 0 Å². The van der Waals surface area contributed by atoms with E-state index in [4.69, 9.17) is 22.2 Å². The summed E-state index contributed by atoms with van der Waals surface area (Å²) in [5.74, 6) is 0.692. The molecule has 4 heteroatoms. The van der Waals surface area contributed by atoms with Gasteiger partial charge in [-0.3, -0.25) is 0 Å². The molecule has 0 fully saturated rings. The van der Waals surface area contributed by atoms with Crippen LogP contribution in [0.4, 0.5) is 0 Å². The zero-order chi connectivity index (χ0) is 15.0. The van der Waals surface area contributed by atoms with Gasteiger partial charge in [-0.2, -0.15) is 0 Å². The molecule has 0 aliphatic rings. The van der Waals surface area contributed by atoms with Crippen LogP contribution in [0.5, 0.6) is 0 Å². The van der Waals surface area contributed by atoms with Gasteiger partial charge in [0.2, 0.25) is 0 Å². The molecule has 0 nitrogen and oxygen atoms in total. The first-order chi connectivity index (χ1) is 9.53. The monoisotopic (exact) mass is 350 g/mol. The largest absolute Gasteiger partial charge is 0.290 e. The molecule has 20 heavy (non-hydrogen) atoms. The van der Waals surface area contributed by atoms with Gasteiger partial charge >= 0.3 is 0 Å². The summed E-state index contributed by atoms with van der Waals surface area (Å²) in [5, 5.41) is 0. The second-order valence-electron chi connectivity index (χ2n) is 5.69. The van der Waals surface area contributed by atoms with E-state index in [9.17, 15) is 0 Å². The van der Waals surface area contributed by atoms with Crippen LogP contribution in [0.2, 0.25) is 6.04 Å². The Morgan fingerprint density at radius 2 is 1.80 bits per heavy atom. The number of aryl methyl sites for hydroxylation is 1. The molecule has 1 rings (SSSR count). The first kappa shape index (κ1) is 18.5. The molecule has 0 saturated carbocycles. The van der Waals surface area contributed by atoms with Gasteiger partial charge < -0.3 is 0 Å². The maximum atomic E-state index is 6.78. The second-order valence-corrected chi connectivity index (χ2v) is 14.0. The summed E-state index contributed by atoms with van der Waals surface area (Å²) in [4.78, 5) is 1.45. The van der Waals surface area contributed by atoms with Crippen molar-refractivity contribution in [2.24, 2.45) is 5.92 Å². The smallest absolute Gasteiger partial charge is 0.147 e. The molecule has 0 spiro atoms. The lowest BCUT2D eigenvalue weighted by atomic mass is 10.0. The zero-order valence-electron chi connectivity index (χ0n) is 13.1. The van der Waals surface area contributed by atoms with Crippen molar-refractivity contribution in [2.75, 3.05) is 0 Å². The number of thiophene rings is 1. The maximum Gasteiger partial charge on any atom is 0.290 e. The molecule has 0 aliphatic carbocycles. The quantitative estimate of drug-likeness (QED) is 0.336. The summed E-state index contributed by atoms with van der Waals surface area (Å²) in [7, 11) is 0. The van der Waals surface area contributed by atoms with Gasteiger partial charge in [-0.25, -0.2) is 0 Å². The van der Waals surface area contributed by atoms with Crippen molar-refractivity contribution in [3.05, 3.63) is 17.0 Å². The van der Waals surface area contributed by atoms with Gasteiger partial charge in [-0.05, 0) is 36.9 Å². The van der Waals surface area contributed by atoms with Crippen molar-refractivity contribution in [3.8, 4) is 0 Å². The molecule has 0 amide bonds. The molecule has 0 bridgehead atoms. The molecule has 0 aliphatic heterocycles. The van der Waals surface area contributed by atoms with Crippen LogP contribution >= 0.6 is 33.5 Å². The van der Waals surface area contributed by atoms with E-state index in [2.05, 4.69) is 32.9 Å². The van der Waals surface area contributed by atoms with Gasteiger partial charge in [0.05, 0.1) is 0 Å². The molecule has 0 N–H and O–H groups in total. The number of rotatable bonds is 10. The SMILES string of the molecule is CCCCc1ccc([Si](Cl)(Cl)CC(CC)CCCC)s1. The van der Waals surface area contributed by atoms with Crippen LogP contribution in [0.25, 0.3) is 0 Å². The van der Waals surface area contributed by atoms with Crippen molar-refractivity contribution >= 4 is 44.7 Å². The minimum atomic E-state index is -2.27. The van der Waals surface area contributed by atoms with Crippen molar-refractivity contribution in [3.63, 3.8) is 0 Å². The van der Waals surface area contributed by atoms with Gasteiger partial charge in [-0.15, -0.1) is 33.5 Å². The summed E-state index contributed by atoms with van der Waals surface area (Å²) in [6.07, 6.45) is 8.70. The summed E-state index contributed by atoms with van der Waals surface area (Å²) in [5.41, 5.74) is 0. The minimum absolute atomic E-state index is 0.692. The third-order valence-corrected chi connectivity index (χ3v) is 11.0. The van der Waals surface area contributed by atoms with Crippen LogP contribution in [0.15, 0.2) is 12.1 Å². The van der Waals surface area contributed by atoms with Gasteiger partial charge in [0.15, 0.2) is 0 Å². The standard InChI is InChI=1S/C16H28Cl2SSi/c1-4-7-9-14(6-3)13-20(17,18)16-12-11-15(19-16)10-8-5-2/h11-12,14H,4-10,13H2,1-3H3. The Labute approximate surface area is 139 Å². The van der Waals surface area contributed by atoms with Gasteiger partial charge in [0.1, 0.15) is 0 Å². The highest BCUT2D eigenvalue weighted by Crippen LogP contribution is 2.32. The summed E-state index contributed by atoms with van der Waals surface area (Å²) >= 11 is 15.4. The van der Waals surface area contributed by atoms with Crippen LogP contribution in [-0.2, 0) is 6.42 Å². The maximum absolute atomic E-state index is 6.78. The van der Waals surface area contributed by atoms with E-state index in [1.165, 1.54) is 54.3 Å². The molecular weight excluding hydrogens is 323 g/mol.